The lowest BCUT2D eigenvalue weighted by Gasteiger charge is -2.06. The highest BCUT2D eigenvalue weighted by Crippen LogP contribution is 2.25. The van der Waals surface area contributed by atoms with Crippen LogP contribution in [0, 0.1) is 11.3 Å². The zero-order chi connectivity index (χ0) is 12.3. The van der Waals surface area contributed by atoms with E-state index in [9.17, 15) is 0 Å². The van der Waals surface area contributed by atoms with Crippen LogP contribution in [0.15, 0.2) is 35.1 Å². The number of nitrogen functional groups attached to an aromatic ring is 1. The van der Waals surface area contributed by atoms with Crippen molar-refractivity contribution in [1.82, 2.24) is 9.97 Å². The lowest BCUT2D eigenvalue weighted by Crippen LogP contribution is -1.98. The van der Waals surface area contributed by atoms with Gasteiger partial charge in [-0.05, 0) is 34.1 Å². The molecule has 1 heterocycles. The van der Waals surface area contributed by atoms with Gasteiger partial charge in [-0.1, -0.05) is 0 Å². The number of hydrogen-bond donors (Lipinski definition) is 2. The average molecular weight is 290 g/mol. The maximum Gasteiger partial charge on any atom is 0.227 e. The zero-order valence-electron chi connectivity index (χ0n) is 8.68. The molecule has 0 unspecified atom stereocenters. The van der Waals surface area contributed by atoms with Gasteiger partial charge in [0.15, 0.2) is 0 Å². The number of nitrogens with zero attached hydrogens (tertiary/aromatic N) is 3. The van der Waals surface area contributed by atoms with Crippen molar-refractivity contribution in [3.8, 4) is 6.07 Å². The monoisotopic (exact) mass is 289 g/mol. The van der Waals surface area contributed by atoms with Gasteiger partial charge in [-0.15, -0.1) is 0 Å². The van der Waals surface area contributed by atoms with Gasteiger partial charge in [0.05, 0.1) is 35.4 Å². The number of nitrogens with one attached hydrogen (secondary N) is 1. The molecule has 0 saturated carbocycles. The van der Waals surface area contributed by atoms with E-state index >= 15 is 0 Å². The summed E-state index contributed by atoms with van der Waals surface area (Å²) in [7, 11) is 0. The molecular weight excluding hydrogens is 282 g/mol. The standard InChI is InChI=1S/C11H8BrN5/c12-9-3-7(4-13)1-2-10(9)17-11-15-5-8(14)6-16-11/h1-3,5-6H,14H2,(H,15,16,17). The fourth-order valence-corrected chi connectivity index (χ4v) is 1.69. The van der Waals surface area contributed by atoms with Gasteiger partial charge in [-0.25, -0.2) is 9.97 Å². The molecule has 0 spiro atoms. The number of hydrogen-bond acceptors (Lipinski definition) is 5. The molecule has 84 valence electrons. The summed E-state index contributed by atoms with van der Waals surface area (Å²) in [5, 5.41) is 11.8. The van der Waals surface area contributed by atoms with E-state index in [-0.39, 0.29) is 0 Å². The van der Waals surface area contributed by atoms with Gasteiger partial charge in [0.2, 0.25) is 5.95 Å². The Kier molecular flexibility index (Phi) is 3.21. The third-order valence-electron chi connectivity index (χ3n) is 2.02. The highest BCUT2D eigenvalue weighted by atomic mass is 79.9. The van der Waals surface area contributed by atoms with Gasteiger partial charge in [0.1, 0.15) is 0 Å². The molecule has 5 nitrogen and oxygen atoms in total. The lowest BCUT2D eigenvalue weighted by atomic mass is 10.2. The van der Waals surface area contributed by atoms with E-state index < -0.39 is 0 Å². The Hall–Kier alpha value is -2.13. The molecule has 3 N–H and O–H groups in total. The van der Waals surface area contributed by atoms with Gasteiger partial charge in [-0.2, -0.15) is 5.26 Å². The van der Waals surface area contributed by atoms with Crippen LogP contribution < -0.4 is 11.1 Å². The maximum absolute atomic E-state index is 8.74. The van der Waals surface area contributed by atoms with Crippen molar-refractivity contribution >= 4 is 33.3 Å². The molecule has 0 aliphatic heterocycles. The van der Waals surface area contributed by atoms with Crippen molar-refractivity contribution in [3.63, 3.8) is 0 Å². The molecule has 0 aliphatic carbocycles. The summed E-state index contributed by atoms with van der Waals surface area (Å²) < 4.78 is 0.775. The van der Waals surface area contributed by atoms with E-state index in [1.807, 2.05) is 0 Å². The van der Waals surface area contributed by atoms with Crippen LogP contribution >= 0.6 is 15.9 Å². The van der Waals surface area contributed by atoms with E-state index in [1.165, 1.54) is 12.4 Å². The predicted octanol–water partition coefficient (Wildman–Crippen LogP) is 2.44. The summed E-state index contributed by atoms with van der Waals surface area (Å²) in [5.74, 6) is 0.449. The Balaban J connectivity index is 2.25. The van der Waals surface area contributed by atoms with Gasteiger partial charge >= 0.3 is 0 Å². The zero-order valence-corrected chi connectivity index (χ0v) is 10.3. The molecule has 0 amide bonds. The predicted molar refractivity (Wildman–Crippen MR) is 68.6 cm³/mol. The van der Waals surface area contributed by atoms with Crippen LogP contribution in [0.5, 0.6) is 0 Å². The van der Waals surface area contributed by atoms with Crippen molar-refractivity contribution in [1.29, 1.82) is 5.26 Å². The van der Waals surface area contributed by atoms with E-state index in [4.69, 9.17) is 11.0 Å². The summed E-state index contributed by atoms with van der Waals surface area (Å²) in [6, 6.07) is 7.28. The minimum absolute atomic E-state index is 0.449. The Bertz CT molecular complexity index is 573. The second-order valence-corrected chi connectivity index (χ2v) is 4.13. The van der Waals surface area contributed by atoms with Crippen molar-refractivity contribution in [2.75, 3.05) is 11.1 Å². The van der Waals surface area contributed by atoms with E-state index in [0.29, 0.717) is 17.2 Å². The minimum Gasteiger partial charge on any atom is -0.396 e. The molecule has 6 heteroatoms. The van der Waals surface area contributed by atoms with Crippen molar-refractivity contribution in [2.24, 2.45) is 0 Å². The molecule has 0 atom stereocenters. The molecule has 17 heavy (non-hydrogen) atoms. The first-order valence-electron chi connectivity index (χ1n) is 4.73. The number of halogens is 1. The SMILES string of the molecule is N#Cc1ccc(Nc2ncc(N)cn2)c(Br)c1. The number of benzene rings is 1. The second-order valence-electron chi connectivity index (χ2n) is 3.27. The number of anilines is 3. The van der Waals surface area contributed by atoms with Crippen LogP contribution in [0.25, 0.3) is 0 Å². The van der Waals surface area contributed by atoms with Gasteiger partial charge in [-0.3, -0.25) is 0 Å². The van der Waals surface area contributed by atoms with Gasteiger partial charge in [0, 0.05) is 4.47 Å². The molecule has 2 rings (SSSR count). The first-order valence-corrected chi connectivity index (χ1v) is 5.52. The van der Waals surface area contributed by atoms with Crippen LogP contribution in [0.1, 0.15) is 5.56 Å². The molecule has 2 aromatic rings. The molecular formula is C11H8BrN5. The summed E-state index contributed by atoms with van der Waals surface area (Å²) >= 11 is 3.37. The van der Waals surface area contributed by atoms with Crippen LogP contribution in [-0.4, -0.2) is 9.97 Å². The third-order valence-corrected chi connectivity index (χ3v) is 2.67. The van der Waals surface area contributed by atoms with E-state index in [0.717, 1.165) is 10.2 Å². The smallest absolute Gasteiger partial charge is 0.227 e. The highest BCUT2D eigenvalue weighted by molar-refractivity contribution is 9.10. The number of nitriles is 1. The lowest BCUT2D eigenvalue weighted by molar-refractivity contribution is 1.17. The second kappa shape index (κ2) is 4.80. The average Bonchev–Trinajstić information content (AvgIpc) is 2.34. The van der Waals surface area contributed by atoms with E-state index in [2.05, 4.69) is 37.3 Å². The van der Waals surface area contributed by atoms with Gasteiger partial charge < -0.3 is 11.1 Å². The topological polar surface area (TPSA) is 87.6 Å². The molecule has 1 aromatic carbocycles. The molecule has 0 bridgehead atoms. The summed E-state index contributed by atoms with van der Waals surface area (Å²) in [6.07, 6.45) is 3.04. The third kappa shape index (κ3) is 2.71. The minimum atomic E-state index is 0.449. The number of rotatable bonds is 2. The van der Waals surface area contributed by atoms with Crippen molar-refractivity contribution in [2.45, 2.75) is 0 Å². The molecule has 0 saturated heterocycles. The van der Waals surface area contributed by atoms with Crippen LogP contribution in [-0.2, 0) is 0 Å². The highest BCUT2D eigenvalue weighted by Gasteiger charge is 2.03. The largest absolute Gasteiger partial charge is 0.396 e. The fourth-order valence-electron chi connectivity index (χ4n) is 1.21. The van der Waals surface area contributed by atoms with Crippen molar-refractivity contribution in [3.05, 3.63) is 40.6 Å². The quantitative estimate of drug-likeness (QED) is 0.887. The summed E-state index contributed by atoms with van der Waals surface area (Å²) in [5.41, 5.74) is 7.37. The normalized spacial score (nSPS) is 9.65. The Labute approximate surface area is 106 Å². The molecule has 0 aliphatic rings. The molecule has 0 radical (unpaired) electrons. The Morgan fingerprint density at radius 3 is 2.59 bits per heavy atom. The Morgan fingerprint density at radius 1 is 1.29 bits per heavy atom. The van der Waals surface area contributed by atoms with Crippen molar-refractivity contribution < 1.29 is 0 Å². The van der Waals surface area contributed by atoms with Crippen LogP contribution in [0.2, 0.25) is 0 Å². The van der Waals surface area contributed by atoms with Crippen LogP contribution in [0.4, 0.5) is 17.3 Å². The van der Waals surface area contributed by atoms with Gasteiger partial charge in [0.25, 0.3) is 0 Å². The maximum atomic E-state index is 8.74. The van der Waals surface area contributed by atoms with Crippen LogP contribution in [0.3, 0.4) is 0 Å². The first kappa shape index (κ1) is 11.4. The fraction of sp³-hybridized carbons (Fsp3) is 0. The molecule has 0 fully saturated rings. The summed E-state index contributed by atoms with van der Waals surface area (Å²) in [6.45, 7) is 0. The number of aromatic nitrogens is 2. The number of nitrogens with two attached hydrogens (primary N) is 1. The first-order chi connectivity index (χ1) is 8.19. The Morgan fingerprint density at radius 2 is 2.00 bits per heavy atom. The summed E-state index contributed by atoms with van der Waals surface area (Å²) in [4.78, 5) is 8.05. The molecule has 1 aromatic heterocycles. The van der Waals surface area contributed by atoms with E-state index in [1.54, 1.807) is 18.2 Å².